The summed E-state index contributed by atoms with van der Waals surface area (Å²) in [5, 5.41) is 3.95. The maximum atomic E-state index is 12.2. The van der Waals surface area contributed by atoms with Gasteiger partial charge in [0.25, 0.3) is 0 Å². The Morgan fingerprint density at radius 1 is 1.17 bits per heavy atom. The van der Waals surface area contributed by atoms with Crippen molar-refractivity contribution >= 4 is 34.3 Å². The van der Waals surface area contributed by atoms with Crippen molar-refractivity contribution in [3.8, 4) is 11.5 Å². The van der Waals surface area contributed by atoms with Crippen molar-refractivity contribution < 1.29 is 14.3 Å². The highest BCUT2D eigenvalue weighted by atomic mass is 35.5. The monoisotopic (exact) mass is 342 g/mol. The molecule has 1 aromatic heterocycles. The van der Waals surface area contributed by atoms with Crippen molar-refractivity contribution in [3.63, 3.8) is 0 Å². The molecule has 3 rings (SSSR count). The Kier molecular flexibility index (Phi) is 4.53. The number of ether oxygens (including phenoxy) is 2. The second-order valence-corrected chi connectivity index (χ2v) is 5.57. The molecule has 0 radical (unpaired) electrons. The van der Waals surface area contributed by atoms with Gasteiger partial charge in [-0.05, 0) is 48.9 Å². The minimum Gasteiger partial charge on any atom is -0.495 e. The minimum atomic E-state index is -0.631. The molecule has 0 bridgehead atoms. The van der Waals surface area contributed by atoms with Crippen molar-refractivity contribution in [3.05, 3.63) is 59.2 Å². The van der Waals surface area contributed by atoms with Gasteiger partial charge in [-0.2, -0.15) is 0 Å². The Morgan fingerprint density at radius 2 is 1.96 bits per heavy atom. The third kappa shape index (κ3) is 3.26. The Bertz CT molecular complexity index is 912. The van der Waals surface area contributed by atoms with Crippen molar-refractivity contribution in [2.24, 2.45) is 0 Å². The Labute approximate surface area is 144 Å². The fourth-order valence-corrected chi connectivity index (χ4v) is 2.56. The Hall–Kier alpha value is -2.79. The Balaban J connectivity index is 1.86. The molecule has 5 nitrogen and oxygen atoms in total. The maximum absolute atomic E-state index is 12.2. The van der Waals surface area contributed by atoms with Gasteiger partial charge in [0.15, 0.2) is 5.75 Å². The van der Waals surface area contributed by atoms with Gasteiger partial charge in [0.1, 0.15) is 11.3 Å². The molecular formula is C18H15ClN2O3. The van der Waals surface area contributed by atoms with Crippen LogP contribution in [0.2, 0.25) is 5.02 Å². The summed E-state index contributed by atoms with van der Waals surface area (Å²) in [5.74, 6) is 0.885. The number of rotatable bonds is 3. The summed E-state index contributed by atoms with van der Waals surface area (Å²) in [4.78, 5) is 16.5. The van der Waals surface area contributed by atoms with Crippen LogP contribution in [-0.2, 0) is 0 Å². The van der Waals surface area contributed by atoms with E-state index in [4.69, 9.17) is 21.1 Å². The third-order valence-electron chi connectivity index (χ3n) is 3.47. The summed E-state index contributed by atoms with van der Waals surface area (Å²) in [6.45, 7) is 1.92. The maximum Gasteiger partial charge on any atom is 0.417 e. The first-order valence-corrected chi connectivity index (χ1v) is 7.63. The van der Waals surface area contributed by atoms with E-state index in [0.29, 0.717) is 27.7 Å². The third-order valence-corrected chi connectivity index (χ3v) is 3.80. The molecule has 0 aliphatic heterocycles. The van der Waals surface area contributed by atoms with Crippen molar-refractivity contribution in [1.29, 1.82) is 0 Å². The average molecular weight is 343 g/mol. The predicted octanol–water partition coefficient (Wildman–Crippen LogP) is 4.82. The van der Waals surface area contributed by atoms with E-state index in [-0.39, 0.29) is 0 Å². The molecule has 0 aliphatic carbocycles. The number of aryl methyl sites for hydroxylation is 1. The predicted molar refractivity (Wildman–Crippen MR) is 94.1 cm³/mol. The van der Waals surface area contributed by atoms with Crippen LogP contribution in [0.3, 0.4) is 0 Å². The van der Waals surface area contributed by atoms with Crippen LogP contribution in [0.15, 0.2) is 48.7 Å². The fraction of sp³-hybridized carbons (Fsp3) is 0.111. The molecule has 0 fully saturated rings. The number of aromatic nitrogens is 1. The highest BCUT2D eigenvalue weighted by Gasteiger charge is 2.13. The van der Waals surface area contributed by atoms with Gasteiger partial charge < -0.3 is 9.47 Å². The molecule has 3 aromatic rings. The molecule has 0 saturated carbocycles. The van der Waals surface area contributed by atoms with Gasteiger partial charge in [0.05, 0.1) is 17.8 Å². The van der Waals surface area contributed by atoms with Crippen molar-refractivity contribution in [2.75, 3.05) is 12.4 Å². The van der Waals surface area contributed by atoms with E-state index in [9.17, 15) is 4.79 Å². The molecule has 0 aliphatic rings. The molecule has 0 spiro atoms. The SMILES string of the molecule is COc1ccc(C)cc1NC(=O)Oc1ccc(Cl)c2cccnc12. The highest BCUT2D eigenvalue weighted by Crippen LogP contribution is 2.30. The Morgan fingerprint density at radius 3 is 2.75 bits per heavy atom. The van der Waals surface area contributed by atoms with Crippen LogP contribution in [0.5, 0.6) is 11.5 Å². The standard InChI is InChI=1S/C18H15ClN2O3/c1-11-5-7-15(23-2)14(10-11)21-18(22)24-16-8-6-13(19)12-4-3-9-20-17(12)16/h3-10H,1-2H3,(H,21,22). The quantitative estimate of drug-likeness (QED) is 0.741. The van der Waals surface area contributed by atoms with Crippen LogP contribution in [0.4, 0.5) is 10.5 Å². The number of halogens is 1. The van der Waals surface area contributed by atoms with Gasteiger partial charge >= 0.3 is 6.09 Å². The van der Waals surface area contributed by atoms with Gasteiger partial charge in [-0.3, -0.25) is 10.3 Å². The molecule has 1 amide bonds. The molecule has 0 atom stereocenters. The first-order valence-electron chi connectivity index (χ1n) is 7.25. The van der Waals surface area contributed by atoms with Crippen molar-refractivity contribution in [1.82, 2.24) is 4.98 Å². The van der Waals surface area contributed by atoms with Crippen LogP contribution in [0, 0.1) is 6.92 Å². The van der Waals surface area contributed by atoms with Crippen LogP contribution in [0.25, 0.3) is 10.9 Å². The van der Waals surface area contributed by atoms with E-state index >= 15 is 0 Å². The van der Waals surface area contributed by atoms with E-state index in [1.54, 1.807) is 36.5 Å². The lowest BCUT2D eigenvalue weighted by Gasteiger charge is -2.12. The molecule has 0 unspecified atom stereocenters. The minimum absolute atomic E-state index is 0.333. The fourth-order valence-electron chi connectivity index (χ4n) is 2.35. The number of amides is 1. The number of nitrogens with one attached hydrogen (secondary N) is 1. The molecule has 1 N–H and O–H groups in total. The first-order chi connectivity index (χ1) is 11.6. The highest BCUT2D eigenvalue weighted by molar-refractivity contribution is 6.35. The molecule has 0 saturated heterocycles. The number of carbonyl (C=O) groups is 1. The van der Waals surface area contributed by atoms with Gasteiger partial charge in [-0.25, -0.2) is 4.79 Å². The number of nitrogens with zero attached hydrogens (tertiary/aromatic N) is 1. The number of hydrogen-bond acceptors (Lipinski definition) is 4. The summed E-state index contributed by atoms with van der Waals surface area (Å²) in [7, 11) is 1.54. The summed E-state index contributed by atoms with van der Waals surface area (Å²) >= 11 is 6.14. The summed E-state index contributed by atoms with van der Waals surface area (Å²) < 4.78 is 10.6. The normalized spacial score (nSPS) is 10.5. The van der Waals surface area contributed by atoms with Crippen LogP contribution in [0.1, 0.15) is 5.56 Å². The van der Waals surface area contributed by atoms with Crippen molar-refractivity contribution in [2.45, 2.75) is 6.92 Å². The molecule has 6 heteroatoms. The summed E-state index contributed by atoms with van der Waals surface area (Å²) in [6.07, 6.45) is 0.987. The number of methoxy groups -OCH3 is 1. The molecule has 24 heavy (non-hydrogen) atoms. The van der Waals surface area contributed by atoms with E-state index in [2.05, 4.69) is 10.3 Å². The second kappa shape index (κ2) is 6.76. The first kappa shape index (κ1) is 16.1. The number of anilines is 1. The molecular weight excluding hydrogens is 328 g/mol. The number of pyridine rings is 1. The van der Waals surface area contributed by atoms with Crippen LogP contribution >= 0.6 is 11.6 Å². The zero-order valence-corrected chi connectivity index (χ0v) is 13.9. The van der Waals surface area contributed by atoms with E-state index in [0.717, 1.165) is 10.9 Å². The zero-order chi connectivity index (χ0) is 17.1. The molecule has 2 aromatic carbocycles. The van der Waals surface area contributed by atoms with E-state index in [1.807, 2.05) is 19.1 Å². The lowest BCUT2D eigenvalue weighted by molar-refractivity contribution is 0.215. The average Bonchev–Trinajstić information content (AvgIpc) is 2.58. The van der Waals surface area contributed by atoms with Crippen LogP contribution < -0.4 is 14.8 Å². The lowest BCUT2D eigenvalue weighted by atomic mass is 10.2. The van der Waals surface area contributed by atoms with Gasteiger partial charge in [-0.1, -0.05) is 17.7 Å². The number of carbonyl (C=O) groups excluding carboxylic acids is 1. The molecule has 1 heterocycles. The summed E-state index contributed by atoms with van der Waals surface area (Å²) in [6, 6.07) is 12.4. The number of hydrogen-bond donors (Lipinski definition) is 1. The van der Waals surface area contributed by atoms with E-state index in [1.165, 1.54) is 7.11 Å². The van der Waals surface area contributed by atoms with E-state index < -0.39 is 6.09 Å². The lowest BCUT2D eigenvalue weighted by Crippen LogP contribution is -2.17. The summed E-state index contributed by atoms with van der Waals surface area (Å²) in [5.41, 5.74) is 2.05. The van der Waals surface area contributed by atoms with Crippen LogP contribution in [-0.4, -0.2) is 18.2 Å². The largest absolute Gasteiger partial charge is 0.495 e. The van der Waals surface area contributed by atoms with Gasteiger partial charge in [-0.15, -0.1) is 0 Å². The zero-order valence-electron chi connectivity index (χ0n) is 13.2. The van der Waals surface area contributed by atoms with Gasteiger partial charge in [0.2, 0.25) is 0 Å². The smallest absolute Gasteiger partial charge is 0.417 e. The number of fused-ring (bicyclic) bond motifs is 1. The molecule has 122 valence electrons. The second-order valence-electron chi connectivity index (χ2n) is 5.16. The van der Waals surface area contributed by atoms with Gasteiger partial charge in [0, 0.05) is 11.6 Å². The topological polar surface area (TPSA) is 60.5 Å². The number of benzene rings is 2.